The van der Waals surface area contributed by atoms with Gasteiger partial charge in [-0.25, -0.2) is 0 Å². The minimum absolute atomic E-state index is 0.755. The molecule has 0 aromatic heterocycles. The van der Waals surface area contributed by atoms with Gasteiger partial charge in [0.15, 0.2) is 0 Å². The van der Waals surface area contributed by atoms with Crippen LogP contribution in [-0.2, 0) is 13.0 Å². The predicted molar refractivity (Wildman–Crippen MR) is 84.8 cm³/mol. The van der Waals surface area contributed by atoms with Crippen LogP contribution in [0.15, 0.2) is 24.3 Å². The maximum atomic E-state index is 3.72. The molecule has 1 heterocycles. The van der Waals surface area contributed by atoms with Crippen molar-refractivity contribution in [1.29, 1.82) is 0 Å². The topological polar surface area (TPSA) is 15.3 Å². The fourth-order valence-corrected chi connectivity index (χ4v) is 4.00. The Morgan fingerprint density at radius 3 is 2.80 bits per heavy atom. The van der Waals surface area contributed by atoms with Crippen LogP contribution in [0, 0.1) is 5.92 Å². The van der Waals surface area contributed by atoms with Gasteiger partial charge in [-0.15, -0.1) is 0 Å². The van der Waals surface area contributed by atoms with E-state index in [1.807, 2.05) is 0 Å². The summed E-state index contributed by atoms with van der Waals surface area (Å²) in [5, 5.41) is 3.72. The third-order valence-corrected chi connectivity index (χ3v) is 5.08. The van der Waals surface area contributed by atoms with E-state index < -0.39 is 0 Å². The molecule has 1 aromatic carbocycles. The van der Waals surface area contributed by atoms with Gasteiger partial charge in [-0.1, -0.05) is 44.0 Å². The zero-order chi connectivity index (χ0) is 13.8. The number of rotatable bonds is 4. The summed E-state index contributed by atoms with van der Waals surface area (Å²) in [5.41, 5.74) is 3.12. The van der Waals surface area contributed by atoms with Crippen molar-refractivity contribution in [3.05, 3.63) is 35.4 Å². The van der Waals surface area contributed by atoms with Crippen molar-refractivity contribution in [2.75, 3.05) is 19.6 Å². The van der Waals surface area contributed by atoms with Gasteiger partial charge in [0.05, 0.1) is 0 Å². The molecule has 0 amide bonds. The van der Waals surface area contributed by atoms with Gasteiger partial charge in [0, 0.05) is 25.7 Å². The van der Waals surface area contributed by atoms with Crippen LogP contribution in [0.25, 0.3) is 0 Å². The molecule has 1 fully saturated rings. The first-order chi connectivity index (χ1) is 9.86. The highest BCUT2D eigenvalue weighted by atomic mass is 15.1. The number of hydrogen-bond acceptors (Lipinski definition) is 2. The highest BCUT2D eigenvalue weighted by Crippen LogP contribution is 2.27. The minimum atomic E-state index is 0.755. The second-order valence-corrected chi connectivity index (χ2v) is 6.46. The standard InChI is InChI=1S/C18H28N2/c1-2-19-18-10-6-5-9-17(18)14-20-12-11-15-7-3-4-8-16(15)13-20/h3-4,7-8,17-19H,2,5-6,9-14H2,1H3. The van der Waals surface area contributed by atoms with Gasteiger partial charge >= 0.3 is 0 Å². The van der Waals surface area contributed by atoms with Gasteiger partial charge in [-0.2, -0.15) is 0 Å². The maximum absolute atomic E-state index is 3.72. The van der Waals surface area contributed by atoms with Crippen molar-refractivity contribution < 1.29 is 0 Å². The monoisotopic (exact) mass is 272 g/mol. The smallest absolute Gasteiger partial charge is 0.0236 e. The molecule has 3 rings (SSSR count). The Morgan fingerprint density at radius 2 is 1.95 bits per heavy atom. The average Bonchev–Trinajstić information content (AvgIpc) is 2.49. The van der Waals surface area contributed by atoms with E-state index in [1.165, 1.54) is 45.2 Å². The molecule has 2 unspecified atom stereocenters. The normalized spacial score (nSPS) is 27.2. The second-order valence-electron chi connectivity index (χ2n) is 6.46. The Balaban J connectivity index is 1.60. The molecule has 2 nitrogen and oxygen atoms in total. The first-order valence-corrected chi connectivity index (χ1v) is 8.39. The van der Waals surface area contributed by atoms with Gasteiger partial charge in [0.25, 0.3) is 0 Å². The summed E-state index contributed by atoms with van der Waals surface area (Å²) in [6, 6.07) is 9.73. The Bertz CT molecular complexity index is 427. The lowest BCUT2D eigenvalue weighted by atomic mass is 9.83. The first kappa shape index (κ1) is 14.1. The molecule has 1 aliphatic carbocycles. The van der Waals surface area contributed by atoms with Crippen molar-refractivity contribution in [2.24, 2.45) is 5.92 Å². The summed E-state index contributed by atoms with van der Waals surface area (Å²) in [5.74, 6) is 0.856. The largest absolute Gasteiger partial charge is 0.314 e. The zero-order valence-electron chi connectivity index (χ0n) is 12.8. The van der Waals surface area contributed by atoms with E-state index in [0.29, 0.717) is 0 Å². The zero-order valence-corrected chi connectivity index (χ0v) is 12.8. The summed E-state index contributed by atoms with van der Waals surface area (Å²) in [4.78, 5) is 2.68. The lowest BCUT2D eigenvalue weighted by Gasteiger charge is -2.37. The van der Waals surface area contributed by atoms with Gasteiger partial charge in [-0.05, 0) is 42.9 Å². The van der Waals surface area contributed by atoms with E-state index in [1.54, 1.807) is 11.1 Å². The van der Waals surface area contributed by atoms with Crippen molar-refractivity contribution in [3.63, 3.8) is 0 Å². The molecule has 0 saturated heterocycles. The van der Waals surface area contributed by atoms with Crippen molar-refractivity contribution in [1.82, 2.24) is 10.2 Å². The number of fused-ring (bicyclic) bond motifs is 1. The molecular weight excluding hydrogens is 244 g/mol. The summed E-state index contributed by atoms with van der Waals surface area (Å²) >= 11 is 0. The second kappa shape index (κ2) is 6.73. The maximum Gasteiger partial charge on any atom is 0.0236 e. The molecular formula is C18H28N2. The van der Waals surface area contributed by atoms with Crippen LogP contribution < -0.4 is 5.32 Å². The molecule has 1 saturated carbocycles. The van der Waals surface area contributed by atoms with Gasteiger partial charge in [-0.3, -0.25) is 4.90 Å². The van der Waals surface area contributed by atoms with Crippen LogP contribution in [0.3, 0.4) is 0 Å². The fourth-order valence-electron chi connectivity index (χ4n) is 4.00. The van der Waals surface area contributed by atoms with E-state index >= 15 is 0 Å². The van der Waals surface area contributed by atoms with E-state index in [4.69, 9.17) is 0 Å². The fraction of sp³-hybridized carbons (Fsp3) is 0.667. The van der Waals surface area contributed by atoms with Crippen molar-refractivity contribution in [2.45, 2.75) is 51.6 Å². The predicted octanol–water partition coefficient (Wildman–Crippen LogP) is 3.21. The Hall–Kier alpha value is -0.860. The molecule has 2 aliphatic rings. The van der Waals surface area contributed by atoms with Gasteiger partial charge in [0.1, 0.15) is 0 Å². The Labute approximate surface area is 123 Å². The molecule has 1 N–H and O–H groups in total. The van der Waals surface area contributed by atoms with Crippen LogP contribution in [-0.4, -0.2) is 30.6 Å². The summed E-state index contributed by atoms with van der Waals surface area (Å²) in [6.45, 7) is 7.04. The summed E-state index contributed by atoms with van der Waals surface area (Å²) in [6.07, 6.45) is 6.86. The molecule has 0 spiro atoms. The van der Waals surface area contributed by atoms with Gasteiger partial charge < -0.3 is 5.32 Å². The van der Waals surface area contributed by atoms with E-state index in [2.05, 4.69) is 41.4 Å². The van der Waals surface area contributed by atoms with Gasteiger partial charge in [0.2, 0.25) is 0 Å². The quantitative estimate of drug-likeness (QED) is 0.905. The molecule has 1 aliphatic heterocycles. The molecule has 20 heavy (non-hydrogen) atoms. The Morgan fingerprint density at radius 1 is 1.15 bits per heavy atom. The number of benzene rings is 1. The molecule has 0 radical (unpaired) electrons. The minimum Gasteiger partial charge on any atom is -0.314 e. The lowest BCUT2D eigenvalue weighted by molar-refractivity contribution is 0.158. The van der Waals surface area contributed by atoms with E-state index in [9.17, 15) is 0 Å². The number of hydrogen-bond donors (Lipinski definition) is 1. The summed E-state index contributed by atoms with van der Waals surface area (Å²) in [7, 11) is 0. The average molecular weight is 272 g/mol. The molecule has 0 bridgehead atoms. The highest BCUT2D eigenvalue weighted by Gasteiger charge is 2.27. The lowest BCUT2D eigenvalue weighted by Crippen LogP contribution is -2.45. The van der Waals surface area contributed by atoms with Crippen LogP contribution in [0.5, 0.6) is 0 Å². The van der Waals surface area contributed by atoms with Crippen molar-refractivity contribution in [3.8, 4) is 0 Å². The van der Waals surface area contributed by atoms with Crippen LogP contribution >= 0.6 is 0 Å². The van der Waals surface area contributed by atoms with Crippen LogP contribution in [0.2, 0.25) is 0 Å². The molecule has 110 valence electrons. The molecule has 2 atom stereocenters. The van der Waals surface area contributed by atoms with Crippen LogP contribution in [0.1, 0.15) is 43.7 Å². The molecule has 1 aromatic rings. The number of nitrogens with one attached hydrogen (secondary N) is 1. The highest BCUT2D eigenvalue weighted by molar-refractivity contribution is 5.29. The van der Waals surface area contributed by atoms with E-state index in [-0.39, 0.29) is 0 Å². The van der Waals surface area contributed by atoms with Crippen LogP contribution in [0.4, 0.5) is 0 Å². The van der Waals surface area contributed by atoms with E-state index in [0.717, 1.165) is 25.0 Å². The number of nitrogens with zero attached hydrogens (tertiary/aromatic N) is 1. The third kappa shape index (κ3) is 3.24. The molecule has 2 heteroatoms. The SMILES string of the molecule is CCNC1CCCCC1CN1CCc2ccccc2C1. The first-order valence-electron chi connectivity index (χ1n) is 8.39. The Kier molecular flexibility index (Phi) is 4.74. The summed E-state index contributed by atoms with van der Waals surface area (Å²) < 4.78 is 0. The third-order valence-electron chi connectivity index (χ3n) is 5.08. The van der Waals surface area contributed by atoms with Crippen molar-refractivity contribution >= 4 is 0 Å².